The number of nitrogens with two attached hydrogens (primary N) is 1. The smallest absolute Gasteiger partial charge is 0.317 e. The number of hydrogen-bond acceptors (Lipinski definition) is 5. The lowest BCUT2D eigenvalue weighted by Crippen LogP contribution is -2.44. The van der Waals surface area contributed by atoms with Gasteiger partial charge in [-0.3, -0.25) is 14.5 Å². The predicted octanol–water partition coefficient (Wildman–Crippen LogP) is -1.63. The van der Waals surface area contributed by atoms with Crippen molar-refractivity contribution in [2.24, 2.45) is 5.73 Å². The second-order valence-corrected chi connectivity index (χ2v) is 2.97. The van der Waals surface area contributed by atoms with Crippen molar-refractivity contribution in [3.63, 3.8) is 0 Å². The summed E-state index contributed by atoms with van der Waals surface area (Å²) in [6.45, 7) is -0.787. The summed E-state index contributed by atoms with van der Waals surface area (Å²) in [5.41, 5.74) is 5.22. The van der Waals surface area contributed by atoms with Gasteiger partial charge in [0.1, 0.15) is 6.29 Å². The van der Waals surface area contributed by atoms with Gasteiger partial charge in [-0.05, 0) is 13.0 Å². The number of carbonyl (C=O) groups excluding carboxylic acids is 1. The SMILES string of the molecule is NCC[C@H](C=O)N(CC(=O)O)CC(=O)O. The molecule has 7 nitrogen and oxygen atoms in total. The molecule has 0 spiro atoms. The van der Waals surface area contributed by atoms with Crippen LogP contribution in [-0.2, 0) is 14.4 Å². The molecule has 0 saturated heterocycles. The highest BCUT2D eigenvalue weighted by atomic mass is 16.4. The second kappa shape index (κ2) is 6.91. The molecule has 0 aromatic carbocycles. The Morgan fingerprint density at radius 3 is 2.00 bits per heavy atom. The first-order valence-corrected chi connectivity index (χ1v) is 4.34. The Morgan fingerprint density at radius 1 is 1.27 bits per heavy atom. The van der Waals surface area contributed by atoms with Gasteiger partial charge in [0.2, 0.25) is 0 Å². The van der Waals surface area contributed by atoms with Crippen LogP contribution in [0.4, 0.5) is 0 Å². The van der Waals surface area contributed by atoms with Crippen LogP contribution < -0.4 is 5.73 Å². The minimum atomic E-state index is -1.18. The van der Waals surface area contributed by atoms with Gasteiger partial charge in [0.05, 0.1) is 19.1 Å². The quantitative estimate of drug-likeness (QED) is 0.418. The van der Waals surface area contributed by atoms with Crippen LogP contribution in [-0.4, -0.2) is 59.0 Å². The van der Waals surface area contributed by atoms with Crippen LogP contribution in [0, 0.1) is 0 Å². The van der Waals surface area contributed by atoms with Gasteiger partial charge in [0.15, 0.2) is 0 Å². The molecule has 0 aromatic heterocycles. The van der Waals surface area contributed by atoms with Crippen molar-refractivity contribution in [2.45, 2.75) is 12.5 Å². The van der Waals surface area contributed by atoms with Crippen LogP contribution in [0.5, 0.6) is 0 Å². The van der Waals surface area contributed by atoms with Crippen molar-refractivity contribution < 1.29 is 24.6 Å². The van der Waals surface area contributed by atoms with Crippen molar-refractivity contribution >= 4 is 18.2 Å². The molecule has 4 N–H and O–H groups in total. The summed E-state index contributed by atoms with van der Waals surface area (Å²) < 4.78 is 0. The summed E-state index contributed by atoms with van der Waals surface area (Å²) in [7, 11) is 0. The van der Waals surface area contributed by atoms with Crippen molar-refractivity contribution in [1.82, 2.24) is 4.90 Å². The molecule has 0 aliphatic heterocycles. The van der Waals surface area contributed by atoms with Gasteiger partial charge < -0.3 is 20.7 Å². The van der Waals surface area contributed by atoms with Crippen LogP contribution in [0.2, 0.25) is 0 Å². The fourth-order valence-electron chi connectivity index (χ4n) is 1.15. The van der Waals surface area contributed by atoms with Crippen LogP contribution >= 0.6 is 0 Å². The molecular weight excluding hydrogens is 204 g/mol. The van der Waals surface area contributed by atoms with E-state index < -0.39 is 31.1 Å². The third-order valence-corrected chi connectivity index (χ3v) is 1.77. The van der Waals surface area contributed by atoms with Gasteiger partial charge in [-0.25, -0.2) is 0 Å². The summed E-state index contributed by atoms with van der Waals surface area (Å²) in [6.07, 6.45) is 0.753. The zero-order valence-electron chi connectivity index (χ0n) is 8.13. The van der Waals surface area contributed by atoms with Crippen molar-refractivity contribution in [3.05, 3.63) is 0 Å². The van der Waals surface area contributed by atoms with E-state index in [0.717, 1.165) is 4.90 Å². The van der Waals surface area contributed by atoms with Crippen molar-refractivity contribution in [2.75, 3.05) is 19.6 Å². The molecule has 0 aliphatic rings. The molecule has 0 heterocycles. The van der Waals surface area contributed by atoms with Crippen LogP contribution in [0.1, 0.15) is 6.42 Å². The van der Waals surface area contributed by atoms with Crippen LogP contribution in [0.25, 0.3) is 0 Å². The topological polar surface area (TPSA) is 121 Å². The van der Waals surface area contributed by atoms with E-state index in [1.165, 1.54) is 0 Å². The monoisotopic (exact) mass is 218 g/mol. The van der Waals surface area contributed by atoms with E-state index >= 15 is 0 Å². The third-order valence-electron chi connectivity index (χ3n) is 1.77. The molecule has 7 heteroatoms. The summed E-state index contributed by atoms with van der Waals surface area (Å²) in [5.74, 6) is -2.36. The Bertz CT molecular complexity index is 227. The first-order valence-electron chi connectivity index (χ1n) is 4.34. The zero-order chi connectivity index (χ0) is 11.8. The molecule has 0 saturated carbocycles. The van der Waals surface area contributed by atoms with Crippen molar-refractivity contribution in [1.29, 1.82) is 0 Å². The number of nitrogens with zero attached hydrogens (tertiary/aromatic N) is 1. The average molecular weight is 218 g/mol. The number of carbonyl (C=O) groups is 3. The highest BCUT2D eigenvalue weighted by Crippen LogP contribution is 2.00. The van der Waals surface area contributed by atoms with E-state index in [9.17, 15) is 14.4 Å². The maximum atomic E-state index is 10.6. The van der Waals surface area contributed by atoms with Gasteiger partial charge >= 0.3 is 11.9 Å². The molecule has 0 rings (SSSR count). The number of carboxylic acids is 2. The van der Waals surface area contributed by atoms with Gasteiger partial charge in [0, 0.05) is 0 Å². The number of carboxylic acid groups (broad SMARTS) is 2. The van der Waals surface area contributed by atoms with E-state index in [4.69, 9.17) is 15.9 Å². The molecule has 0 aromatic rings. The molecule has 86 valence electrons. The minimum absolute atomic E-state index is 0.194. The molecule has 0 aliphatic carbocycles. The van der Waals surface area contributed by atoms with Gasteiger partial charge in [-0.1, -0.05) is 0 Å². The van der Waals surface area contributed by atoms with Gasteiger partial charge in [-0.2, -0.15) is 0 Å². The van der Waals surface area contributed by atoms with E-state index in [-0.39, 0.29) is 13.0 Å². The van der Waals surface area contributed by atoms with Crippen LogP contribution in [0.15, 0.2) is 0 Å². The summed E-state index contributed by atoms with van der Waals surface area (Å²) in [5, 5.41) is 17.1. The van der Waals surface area contributed by atoms with Gasteiger partial charge in [0.25, 0.3) is 0 Å². The Balaban J connectivity index is 4.48. The lowest BCUT2D eigenvalue weighted by Gasteiger charge is -2.23. The lowest BCUT2D eigenvalue weighted by atomic mass is 10.2. The molecule has 1 atom stereocenters. The highest BCUT2D eigenvalue weighted by Gasteiger charge is 2.21. The molecule has 0 bridgehead atoms. The minimum Gasteiger partial charge on any atom is -0.480 e. The van der Waals surface area contributed by atoms with Crippen molar-refractivity contribution in [3.8, 4) is 0 Å². The second-order valence-electron chi connectivity index (χ2n) is 2.97. The molecule has 0 unspecified atom stereocenters. The first kappa shape index (κ1) is 13.5. The Hall–Kier alpha value is -1.47. The first-order chi connectivity index (χ1) is 7.01. The maximum absolute atomic E-state index is 10.6. The lowest BCUT2D eigenvalue weighted by molar-refractivity contribution is -0.143. The molecule has 0 fully saturated rings. The van der Waals surface area contributed by atoms with Crippen LogP contribution in [0.3, 0.4) is 0 Å². The Kier molecular flexibility index (Phi) is 6.23. The van der Waals surface area contributed by atoms with E-state index in [2.05, 4.69) is 0 Å². The van der Waals surface area contributed by atoms with E-state index in [1.807, 2.05) is 0 Å². The standard InChI is InChI=1S/C8H14N2O5/c9-2-1-6(5-11)10(3-7(12)13)4-8(14)15/h5-6H,1-4,9H2,(H,12,13)(H,14,15)/t6-/m1/s1. The molecule has 15 heavy (non-hydrogen) atoms. The highest BCUT2D eigenvalue weighted by molar-refractivity contribution is 5.74. The predicted molar refractivity (Wildman–Crippen MR) is 50.4 cm³/mol. The fourth-order valence-corrected chi connectivity index (χ4v) is 1.15. The number of rotatable bonds is 8. The average Bonchev–Trinajstić information content (AvgIpc) is 2.11. The summed E-state index contributed by atoms with van der Waals surface area (Å²) in [6, 6.07) is -0.762. The fraction of sp³-hybridized carbons (Fsp3) is 0.625. The van der Waals surface area contributed by atoms with E-state index in [0.29, 0.717) is 6.29 Å². The Morgan fingerprint density at radius 2 is 1.73 bits per heavy atom. The largest absolute Gasteiger partial charge is 0.480 e. The maximum Gasteiger partial charge on any atom is 0.317 e. The number of hydrogen-bond donors (Lipinski definition) is 3. The normalized spacial score (nSPS) is 12.4. The Labute approximate surface area is 86.5 Å². The summed E-state index contributed by atoms with van der Waals surface area (Å²) >= 11 is 0. The molecule has 0 amide bonds. The van der Waals surface area contributed by atoms with E-state index in [1.54, 1.807) is 0 Å². The number of aldehydes is 1. The summed E-state index contributed by atoms with van der Waals surface area (Å²) in [4.78, 5) is 32.5. The third kappa shape index (κ3) is 5.76. The zero-order valence-corrected chi connectivity index (χ0v) is 8.13. The molecule has 0 radical (unpaired) electrons. The number of aliphatic carboxylic acids is 2. The molecular formula is C8H14N2O5. The van der Waals surface area contributed by atoms with Gasteiger partial charge in [-0.15, -0.1) is 0 Å².